The Morgan fingerprint density at radius 1 is 1.53 bits per heavy atom. The molecule has 2 aliphatic rings. The monoisotopic (exact) mass is 233 g/mol. The highest BCUT2D eigenvalue weighted by Crippen LogP contribution is 2.40. The lowest BCUT2D eigenvalue weighted by atomic mass is 9.85. The first-order chi connectivity index (χ1) is 8.29. The average molecular weight is 233 g/mol. The molecule has 17 heavy (non-hydrogen) atoms. The lowest BCUT2D eigenvalue weighted by Gasteiger charge is -2.17. The molecule has 2 bridgehead atoms. The Bertz CT molecular complexity index is 446. The fourth-order valence-corrected chi connectivity index (χ4v) is 2.83. The third-order valence-electron chi connectivity index (χ3n) is 3.67. The summed E-state index contributed by atoms with van der Waals surface area (Å²) in [6.07, 6.45) is 4.93. The Hall–Kier alpha value is -1.42. The molecule has 3 rings (SSSR count). The molecule has 2 fully saturated rings. The van der Waals surface area contributed by atoms with E-state index in [0.29, 0.717) is 11.4 Å². The van der Waals surface area contributed by atoms with Gasteiger partial charge < -0.3 is 9.47 Å². The summed E-state index contributed by atoms with van der Waals surface area (Å²) in [5, 5.41) is 0. The maximum absolute atomic E-state index is 12.4. The minimum atomic E-state index is -0.0300. The summed E-state index contributed by atoms with van der Waals surface area (Å²) >= 11 is 0. The van der Waals surface area contributed by atoms with Crippen molar-refractivity contribution in [3.8, 4) is 5.75 Å². The van der Waals surface area contributed by atoms with Crippen LogP contribution in [0.25, 0.3) is 0 Å². The molecule has 3 heterocycles. The number of carbonyl (C=O) groups is 1. The lowest BCUT2D eigenvalue weighted by molar-refractivity contribution is 0.0737. The van der Waals surface area contributed by atoms with Gasteiger partial charge in [0.1, 0.15) is 11.4 Å². The molecule has 0 radical (unpaired) electrons. The molecule has 1 aromatic rings. The summed E-state index contributed by atoms with van der Waals surface area (Å²) in [5.74, 6) is 0.590. The molecule has 3 atom stereocenters. The van der Waals surface area contributed by atoms with E-state index in [0.717, 1.165) is 19.3 Å². The Labute approximate surface area is 99.9 Å². The molecule has 4 nitrogen and oxygen atoms in total. The van der Waals surface area contributed by atoms with Crippen LogP contribution in [0.5, 0.6) is 5.75 Å². The van der Waals surface area contributed by atoms with Crippen LogP contribution < -0.4 is 4.74 Å². The number of hydrogen-bond acceptors (Lipinski definition) is 4. The topological polar surface area (TPSA) is 48.4 Å². The summed E-state index contributed by atoms with van der Waals surface area (Å²) < 4.78 is 10.9. The van der Waals surface area contributed by atoms with Gasteiger partial charge in [0.05, 0.1) is 25.2 Å². The van der Waals surface area contributed by atoms with Crippen molar-refractivity contribution in [3.05, 3.63) is 24.0 Å². The van der Waals surface area contributed by atoms with Gasteiger partial charge in [-0.25, -0.2) is 4.98 Å². The van der Waals surface area contributed by atoms with Crippen molar-refractivity contribution in [2.45, 2.75) is 31.5 Å². The van der Waals surface area contributed by atoms with Crippen molar-refractivity contribution in [2.75, 3.05) is 7.11 Å². The number of pyridine rings is 1. The molecule has 0 saturated carbocycles. The number of methoxy groups -OCH3 is 1. The third kappa shape index (κ3) is 1.72. The first-order valence-electron chi connectivity index (χ1n) is 5.98. The largest absolute Gasteiger partial charge is 0.494 e. The van der Waals surface area contributed by atoms with Crippen molar-refractivity contribution in [2.24, 2.45) is 5.92 Å². The second-order valence-electron chi connectivity index (χ2n) is 4.63. The van der Waals surface area contributed by atoms with Crippen molar-refractivity contribution in [3.63, 3.8) is 0 Å². The van der Waals surface area contributed by atoms with Gasteiger partial charge in [0.25, 0.3) is 0 Å². The predicted molar refractivity (Wildman–Crippen MR) is 61.1 cm³/mol. The summed E-state index contributed by atoms with van der Waals surface area (Å²) in [6, 6.07) is 3.54. The van der Waals surface area contributed by atoms with E-state index in [4.69, 9.17) is 9.47 Å². The first-order valence-corrected chi connectivity index (χ1v) is 5.98. The molecule has 3 unspecified atom stereocenters. The standard InChI is InChI=1S/C13H15NO3/c1-16-11-3-2-6-14-12(11)13(15)9-7-8-4-5-10(9)17-8/h2-3,6,8-10H,4-5,7H2,1H3. The van der Waals surface area contributed by atoms with Gasteiger partial charge >= 0.3 is 0 Å². The zero-order valence-electron chi connectivity index (χ0n) is 9.76. The van der Waals surface area contributed by atoms with E-state index in [9.17, 15) is 4.79 Å². The van der Waals surface area contributed by atoms with Gasteiger partial charge in [0.15, 0.2) is 5.78 Å². The number of rotatable bonds is 3. The van der Waals surface area contributed by atoms with Crippen LogP contribution in [0.15, 0.2) is 18.3 Å². The number of aromatic nitrogens is 1. The van der Waals surface area contributed by atoms with Crippen LogP contribution in [0.4, 0.5) is 0 Å². The van der Waals surface area contributed by atoms with Crippen LogP contribution in [0.3, 0.4) is 0 Å². The van der Waals surface area contributed by atoms with E-state index in [1.165, 1.54) is 0 Å². The van der Waals surface area contributed by atoms with Crippen molar-refractivity contribution in [1.82, 2.24) is 4.98 Å². The summed E-state index contributed by atoms with van der Waals surface area (Å²) in [7, 11) is 1.56. The Morgan fingerprint density at radius 2 is 2.41 bits per heavy atom. The maximum Gasteiger partial charge on any atom is 0.190 e. The number of ketones is 1. The molecule has 2 saturated heterocycles. The van der Waals surface area contributed by atoms with Gasteiger partial charge in [-0.05, 0) is 31.4 Å². The fraction of sp³-hybridized carbons (Fsp3) is 0.538. The molecule has 0 amide bonds. The summed E-state index contributed by atoms with van der Waals surface area (Å²) in [5.41, 5.74) is 0.441. The van der Waals surface area contributed by atoms with Crippen molar-refractivity contribution < 1.29 is 14.3 Å². The van der Waals surface area contributed by atoms with Gasteiger partial charge in [-0.3, -0.25) is 4.79 Å². The lowest BCUT2D eigenvalue weighted by Crippen LogP contribution is -2.26. The minimum absolute atomic E-state index is 0.0300. The van der Waals surface area contributed by atoms with Crippen LogP contribution in [-0.2, 0) is 4.74 Å². The number of fused-ring (bicyclic) bond motifs is 2. The van der Waals surface area contributed by atoms with Crippen LogP contribution in [0, 0.1) is 5.92 Å². The Balaban J connectivity index is 1.86. The normalized spacial score (nSPS) is 30.5. The molecule has 0 spiro atoms. The molecule has 1 aromatic heterocycles. The summed E-state index contributed by atoms with van der Waals surface area (Å²) in [4.78, 5) is 16.5. The van der Waals surface area contributed by atoms with Crippen molar-refractivity contribution >= 4 is 5.78 Å². The average Bonchev–Trinajstić information content (AvgIpc) is 3.00. The van der Waals surface area contributed by atoms with Gasteiger partial charge in [0.2, 0.25) is 0 Å². The van der Waals surface area contributed by atoms with E-state index in [1.54, 1.807) is 25.4 Å². The molecule has 90 valence electrons. The van der Waals surface area contributed by atoms with Crippen LogP contribution in [-0.4, -0.2) is 30.1 Å². The number of carbonyl (C=O) groups excluding carboxylic acids is 1. The van der Waals surface area contributed by atoms with Gasteiger partial charge in [-0.2, -0.15) is 0 Å². The number of Topliss-reactive ketones (excluding diaryl/α,β-unsaturated/α-hetero) is 1. The molecule has 4 heteroatoms. The minimum Gasteiger partial charge on any atom is -0.494 e. The van der Waals surface area contributed by atoms with Gasteiger partial charge in [0, 0.05) is 6.20 Å². The van der Waals surface area contributed by atoms with Crippen LogP contribution in [0.1, 0.15) is 29.8 Å². The van der Waals surface area contributed by atoms with E-state index >= 15 is 0 Å². The Morgan fingerprint density at radius 3 is 3.06 bits per heavy atom. The summed E-state index contributed by atoms with van der Waals surface area (Å²) in [6.45, 7) is 0. The van der Waals surface area contributed by atoms with Crippen molar-refractivity contribution in [1.29, 1.82) is 0 Å². The van der Waals surface area contributed by atoms with Gasteiger partial charge in [-0.1, -0.05) is 0 Å². The molecule has 0 aliphatic carbocycles. The van der Waals surface area contributed by atoms with Crippen LogP contribution in [0.2, 0.25) is 0 Å². The van der Waals surface area contributed by atoms with E-state index in [2.05, 4.69) is 4.98 Å². The molecular formula is C13H15NO3. The highest BCUT2D eigenvalue weighted by molar-refractivity contribution is 5.99. The number of nitrogens with zero attached hydrogens (tertiary/aromatic N) is 1. The molecule has 0 aromatic carbocycles. The third-order valence-corrected chi connectivity index (χ3v) is 3.67. The smallest absolute Gasteiger partial charge is 0.190 e. The van der Waals surface area contributed by atoms with Gasteiger partial charge in [-0.15, -0.1) is 0 Å². The number of hydrogen-bond donors (Lipinski definition) is 0. The first kappa shape index (κ1) is 10.7. The maximum atomic E-state index is 12.4. The number of ether oxygens (including phenoxy) is 2. The molecule has 2 aliphatic heterocycles. The van der Waals surface area contributed by atoms with E-state index < -0.39 is 0 Å². The zero-order chi connectivity index (χ0) is 11.8. The van der Waals surface area contributed by atoms with E-state index in [1.807, 2.05) is 0 Å². The Kier molecular flexibility index (Phi) is 2.59. The highest BCUT2D eigenvalue weighted by Gasteiger charge is 2.45. The predicted octanol–water partition coefficient (Wildman–Crippen LogP) is 1.84. The second kappa shape index (κ2) is 4.11. The quantitative estimate of drug-likeness (QED) is 0.747. The highest BCUT2D eigenvalue weighted by atomic mass is 16.5. The van der Waals surface area contributed by atoms with Crippen LogP contribution >= 0.6 is 0 Å². The second-order valence-corrected chi connectivity index (χ2v) is 4.63. The van der Waals surface area contributed by atoms with E-state index in [-0.39, 0.29) is 23.9 Å². The molecule has 0 N–H and O–H groups in total. The molecular weight excluding hydrogens is 218 g/mol. The zero-order valence-corrected chi connectivity index (χ0v) is 9.76. The fourth-order valence-electron chi connectivity index (χ4n) is 2.83. The SMILES string of the molecule is COc1cccnc1C(=O)C1CC2CCC1O2.